The minimum absolute atomic E-state index is 0.0307. The zero-order valence-corrected chi connectivity index (χ0v) is 41.8. The van der Waals surface area contributed by atoms with E-state index in [4.69, 9.17) is 56.8 Å². The molecule has 2 N–H and O–H groups in total. The summed E-state index contributed by atoms with van der Waals surface area (Å²) in [4.78, 5) is 51.7. The second kappa shape index (κ2) is 20.9. The van der Waals surface area contributed by atoms with E-state index in [1.165, 1.54) is 41.1 Å². The SMILES string of the molecule is COCO[C@H]1[C@H](O[C@H]2CC[C@@]3(C)C(CC[C@]4(C)[C@@H]3CC=C3[C@@H]5CC(C)(C)CC[C@]5(C(=O)OC)CC[C@]34C)C2(C)C)O[C@H](C(=O)OC)[C@@H](OCOC)[C@@H]1O[C@@H](OCC(=O)O)[C@H](OCOC)C(=O)O. The van der Waals surface area contributed by atoms with Gasteiger partial charge in [-0.2, -0.15) is 0 Å². The number of ether oxygens (including phenoxy) is 12. The van der Waals surface area contributed by atoms with Gasteiger partial charge in [-0.25, -0.2) is 14.4 Å². The molecule has 0 bridgehead atoms. The molecular formula is C49H78O18. The van der Waals surface area contributed by atoms with Crippen LogP contribution < -0.4 is 0 Å². The molecule has 67 heavy (non-hydrogen) atoms. The van der Waals surface area contributed by atoms with E-state index in [-0.39, 0.29) is 53.1 Å². The summed E-state index contributed by atoms with van der Waals surface area (Å²) in [6, 6.07) is 0. The molecule has 18 nitrogen and oxygen atoms in total. The topological polar surface area (TPSA) is 220 Å². The predicted molar refractivity (Wildman–Crippen MR) is 237 cm³/mol. The molecule has 0 radical (unpaired) electrons. The summed E-state index contributed by atoms with van der Waals surface area (Å²) >= 11 is 0. The van der Waals surface area contributed by atoms with Crippen molar-refractivity contribution in [2.75, 3.05) is 62.5 Å². The maximum Gasteiger partial charge on any atom is 0.338 e. The van der Waals surface area contributed by atoms with Gasteiger partial charge < -0.3 is 67.1 Å². The first-order valence-electron chi connectivity index (χ1n) is 23.8. The summed E-state index contributed by atoms with van der Waals surface area (Å²) in [7, 11) is 6.78. The Kier molecular flexibility index (Phi) is 16.7. The summed E-state index contributed by atoms with van der Waals surface area (Å²) in [6.07, 6.45) is 0.143. The third-order valence-corrected chi connectivity index (χ3v) is 17.7. The molecule has 0 aromatic heterocycles. The Morgan fingerprint density at radius 1 is 0.746 bits per heavy atom. The molecular weight excluding hydrogens is 877 g/mol. The molecule has 1 heterocycles. The van der Waals surface area contributed by atoms with Gasteiger partial charge in [0.15, 0.2) is 18.7 Å². The van der Waals surface area contributed by atoms with E-state index in [1.807, 2.05) is 0 Å². The first-order chi connectivity index (χ1) is 31.5. The average molecular weight is 955 g/mol. The van der Waals surface area contributed by atoms with Crippen LogP contribution in [0.5, 0.6) is 0 Å². The molecule has 4 saturated carbocycles. The van der Waals surface area contributed by atoms with Crippen LogP contribution in [0.1, 0.15) is 113 Å². The van der Waals surface area contributed by atoms with Crippen molar-refractivity contribution in [2.24, 2.45) is 50.2 Å². The highest BCUT2D eigenvalue weighted by Gasteiger charge is 2.70. The standard InChI is InChI=1S/C49H78O18/c1-44(2)19-21-49(43(55)60-12)22-20-47(6)28(29(49)23-44)13-14-31-46(5)17-16-32(45(3,4)30(46)15-18-48(31,47)7)65-42-37(63-26-57-9)35(34(62-25-56-8)36(67-42)40(54)59-11)66-41(61-24-33(50)51)38(39(52)53)64-27-58-10/h13,29-32,34-38,41-42H,14-27H2,1-12H3,(H,50,51)(H,52,53)/t29-,30?,31+,32-,34-,35-,36-,37+,38+,41+,42+,46-,47+,48+,49-/m0/s1. The molecule has 0 amide bonds. The number of allylic oxidation sites excluding steroid dienone is 2. The Morgan fingerprint density at radius 3 is 2.01 bits per heavy atom. The summed E-state index contributed by atoms with van der Waals surface area (Å²) in [6.45, 7) is 14.4. The Labute approximate surface area is 395 Å². The van der Waals surface area contributed by atoms with Crippen molar-refractivity contribution in [3.05, 3.63) is 11.6 Å². The summed E-state index contributed by atoms with van der Waals surface area (Å²) < 4.78 is 69.4. The fourth-order valence-corrected chi connectivity index (χ4v) is 14.1. The first kappa shape index (κ1) is 53.6. The largest absolute Gasteiger partial charge is 0.480 e. The molecule has 5 aliphatic carbocycles. The second-order valence-corrected chi connectivity index (χ2v) is 21.9. The molecule has 6 aliphatic rings. The Balaban J connectivity index is 1.34. The maximum absolute atomic E-state index is 13.8. The number of fused-ring (bicyclic) bond motifs is 7. The molecule has 0 spiro atoms. The zero-order valence-electron chi connectivity index (χ0n) is 41.8. The minimum Gasteiger partial charge on any atom is -0.480 e. The Bertz CT molecular complexity index is 1800. The van der Waals surface area contributed by atoms with E-state index in [1.54, 1.807) is 0 Å². The molecule has 15 atom stereocenters. The van der Waals surface area contributed by atoms with Gasteiger partial charge in [0, 0.05) is 21.3 Å². The van der Waals surface area contributed by atoms with Crippen molar-refractivity contribution >= 4 is 23.9 Å². The molecule has 0 aromatic carbocycles. The lowest BCUT2D eigenvalue weighted by Gasteiger charge is -2.71. The van der Waals surface area contributed by atoms with Crippen molar-refractivity contribution in [1.29, 1.82) is 0 Å². The maximum atomic E-state index is 13.8. The van der Waals surface area contributed by atoms with Crippen LogP contribution >= 0.6 is 0 Å². The summed E-state index contributed by atoms with van der Waals surface area (Å²) in [5, 5.41) is 19.8. The number of carbonyl (C=O) groups is 4. The monoisotopic (exact) mass is 955 g/mol. The molecule has 1 aliphatic heterocycles. The van der Waals surface area contributed by atoms with Crippen LogP contribution in [-0.2, 0) is 76.0 Å². The van der Waals surface area contributed by atoms with Crippen molar-refractivity contribution in [3.63, 3.8) is 0 Å². The highest BCUT2D eigenvalue weighted by Crippen LogP contribution is 2.76. The van der Waals surface area contributed by atoms with E-state index in [9.17, 15) is 29.4 Å². The van der Waals surface area contributed by atoms with Gasteiger partial charge in [-0.05, 0) is 109 Å². The van der Waals surface area contributed by atoms with Gasteiger partial charge >= 0.3 is 23.9 Å². The third kappa shape index (κ3) is 9.83. The van der Waals surface area contributed by atoms with Crippen LogP contribution in [-0.4, -0.2) is 146 Å². The van der Waals surface area contributed by atoms with Crippen LogP contribution in [0.4, 0.5) is 0 Å². The number of carboxylic acid groups (broad SMARTS) is 2. The quantitative estimate of drug-likeness (QED) is 0.0609. The first-order valence-corrected chi connectivity index (χ1v) is 23.8. The molecule has 1 unspecified atom stereocenters. The summed E-state index contributed by atoms with van der Waals surface area (Å²) in [5.74, 6) is -3.18. The van der Waals surface area contributed by atoms with Crippen LogP contribution in [0.15, 0.2) is 11.6 Å². The number of hydrogen-bond acceptors (Lipinski definition) is 16. The van der Waals surface area contributed by atoms with Gasteiger partial charge in [0.05, 0.1) is 25.7 Å². The summed E-state index contributed by atoms with van der Waals surface area (Å²) in [5.41, 5.74) is 0.423. The number of carboxylic acids is 2. The van der Waals surface area contributed by atoms with Crippen LogP contribution in [0.2, 0.25) is 0 Å². The number of methoxy groups -OCH3 is 5. The minimum atomic E-state index is -1.91. The highest BCUT2D eigenvalue weighted by molar-refractivity contribution is 5.79. The lowest BCUT2D eigenvalue weighted by Crippen LogP contribution is -2.67. The number of rotatable bonds is 20. The van der Waals surface area contributed by atoms with Crippen LogP contribution in [0, 0.1) is 50.2 Å². The lowest BCUT2D eigenvalue weighted by molar-refractivity contribution is -0.366. The fourth-order valence-electron chi connectivity index (χ4n) is 14.1. The van der Waals surface area contributed by atoms with E-state index in [2.05, 4.69) is 54.5 Å². The van der Waals surface area contributed by atoms with Gasteiger partial charge in [0.25, 0.3) is 0 Å². The Morgan fingerprint density at radius 2 is 1.40 bits per heavy atom. The van der Waals surface area contributed by atoms with Gasteiger partial charge in [-0.3, -0.25) is 4.79 Å². The number of carbonyl (C=O) groups excluding carboxylic acids is 2. The van der Waals surface area contributed by atoms with Gasteiger partial charge in [0.2, 0.25) is 6.10 Å². The molecule has 0 aromatic rings. The van der Waals surface area contributed by atoms with Gasteiger partial charge in [0.1, 0.15) is 45.3 Å². The van der Waals surface area contributed by atoms with E-state index in [0.717, 1.165) is 57.8 Å². The van der Waals surface area contributed by atoms with Gasteiger partial charge in [-0.1, -0.05) is 60.1 Å². The van der Waals surface area contributed by atoms with Crippen molar-refractivity contribution < 1.29 is 86.2 Å². The number of aliphatic carboxylic acids is 2. The van der Waals surface area contributed by atoms with Crippen LogP contribution in [0.25, 0.3) is 0 Å². The Hall–Kier alpha value is -2.78. The molecule has 5 fully saturated rings. The number of hydrogen-bond donors (Lipinski definition) is 2. The van der Waals surface area contributed by atoms with Crippen molar-refractivity contribution in [2.45, 2.75) is 162 Å². The van der Waals surface area contributed by atoms with Crippen LogP contribution in [0.3, 0.4) is 0 Å². The average Bonchev–Trinajstić information content (AvgIpc) is 3.27. The normalized spacial score (nSPS) is 39.5. The van der Waals surface area contributed by atoms with E-state index >= 15 is 0 Å². The molecule has 6 rings (SSSR count). The number of esters is 2. The highest BCUT2D eigenvalue weighted by atomic mass is 16.8. The van der Waals surface area contributed by atoms with Crippen molar-refractivity contribution in [1.82, 2.24) is 0 Å². The fraction of sp³-hybridized carbons (Fsp3) is 0.878. The zero-order chi connectivity index (χ0) is 49.3. The molecule has 1 saturated heterocycles. The third-order valence-electron chi connectivity index (χ3n) is 17.7. The molecule has 382 valence electrons. The van der Waals surface area contributed by atoms with E-state index in [0.29, 0.717) is 12.3 Å². The lowest BCUT2D eigenvalue weighted by atomic mass is 9.33. The van der Waals surface area contributed by atoms with Crippen molar-refractivity contribution in [3.8, 4) is 0 Å². The smallest absolute Gasteiger partial charge is 0.338 e. The van der Waals surface area contributed by atoms with Gasteiger partial charge in [-0.15, -0.1) is 0 Å². The molecule has 18 heteroatoms. The van der Waals surface area contributed by atoms with E-state index < -0.39 is 91.3 Å². The predicted octanol–water partition coefficient (Wildman–Crippen LogP) is 6.11. The second-order valence-electron chi connectivity index (χ2n) is 21.9.